The van der Waals surface area contributed by atoms with Crippen LogP contribution in [0.15, 0.2) is 231 Å². The number of rotatable bonds is 5. The third-order valence-electron chi connectivity index (χ3n) is 12.6. The summed E-state index contributed by atoms with van der Waals surface area (Å²) in [5.74, 6) is 0. The van der Waals surface area contributed by atoms with Crippen LogP contribution in [0.25, 0.3) is 120 Å². The fraction of sp³-hybridized carbons (Fsp3) is 0. The quantitative estimate of drug-likeness (QED) is 0.153. The van der Waals surface area contributed by atoms with Gasteiger partial charge in [0, 0.05) is 0 Å². The van der Waals surface area contributed by atoms with Gasteiger partial charge >= 0.3 is 0 Å². The maximum absolute atomic E-state index is 2.37. The largest absolute Gasteiger partial charge is 0.0622 e. The molecule has 0 N–H and O–H groups in total. The van der Waals surface area contributed by atoms with Gasteiger partial charge in [0.25, 0.3) is 0 Å². The molecular formula is C60H38. The van der Waals surface area contributed by atoms with Crippen molar-refractivity contribution in [3.63, 3.8) is 0 Å². The Labute approximate surface area is 349 Å². The van der Waals surface area contributed by atoms with E-state index in [9.17, 15) is 0 Å². The topological polar surface area (TPSA) is 0 Å². The summed E-state index contributed by atoms with van der Waals surface area (Å²) in [6, 6.07) is 85.2. The summed E-state index contributed by atoms with van der Waals surface area (Å²) in [7, 11) is 0. The summed E-state index contributed by atoms with van der Waals surface area (Å²) in [5, 5.41) is 15.0. The van der Waals surface area contributed by atoms with Gasteiger partial charge in [-0.05, 0) is 120 Å². The van der Waals surface area contributed by atoms with Crippen LogP contribution in [0, 0.1) is 0 Å². The molecule has 0 atom stereocenters. The minimum absolute atomic E-state index is 1.21. The molecule has 0 aliphatic heterocycles. The molecule has 12 rings (SSSR count). The summed E-state index contributed by atoms with van der Waals surface area (Å²) >= 11 is 0. The summed E-state index contributed by atoms with van der Waals surface area (Å²) in [6.07, 6.45) is 0. The average molecular weight is 759 g/mol. The molecule has 278 valence electrons. The minimum atomic E-state index is 1.21. The first-order valence-electron chi connectivity index (χ1n) is 20.9. The second-order valence-corrected chi connectivity index (χ2v) is 15.8. The molecule has 0 aliphatic carbocycles. The van der Waals surface area contributed by atoms with E-state index in [0.717, 1.165) is 0 Å². The van der Waals surface area contributed by atoms with E-state index in [2.05, 4.69) is 231 Å². The molecule has 60 heavy (non-hydrogen) atoms. The van der Waals surface area contributed by atoms with Crippen LogP contribution in [-0.2, 0) is 0 Å². The van der Waals surface area contributed by atoms with Crippen molar-refractivity contribution in [3.8, 4) is 55.6 Å². The fourth-order valence-corrected chi connectivity index (χ4v) is 10.2. The molecule has 12 aromatic rings. The second kappa shape index (κ2) is 13.9. The van der Waals surface area contributed by atoms with Gasteiger partial charge in [0.15, 0.2) is 0 Å². The van der Waals surface area contributed by atoms with Crippen molar-refractivity contribution in [3.05, 3.63) is 231 Å². The Morgan fingerprint density at radius 3 is 0.867 bits per heavy atom. The Balaban J connectivity index is 1.31. The van der Waals surface area contributed by atoms with Crippen LogP contribution in [0.4, 0.5) is 0 Å². The monoisotopic (exact) mass is 758 g/mol. The van der Waals surface area contributed by atoms with Gasteiger partial charge in [-0.1, -0.05) is 231 Å². The molecule has 0 radical (unpaired) electrons. The molecule has 0 aromatic heterocycles. The lowest BCUT2D eigenvalue weighted by Crippen LogP contribution is -1.96. The van der Waals surface area contributed by atoms with E-state index < -0.39 is 0 Å². The Bertz CT molecular complexity index is 3380. The van der Waals surface area contributed by atoms with Crippen molar-refractivity contribution < 1.29 is 0 Å². The summed E-state index contributed by atoms with van der Waals surface area (Å²) in [4.78, 5) is 0. The molecule has 0 nitrogen and oxygen atoms in total. The molecule has 0 saturated heterocycles. The second-order valence-electron chi connectivity index (χ2n) is 15.8. The third-order valence-corrected chi connectivity index (χ3v) is 12.6. The van der Waals surface area contributed by atoms with Crippen LogP contribution in [0.3, 0.4) is 0 Å². The summed E-state index contributed by atoms with van der Waals surface area (Å²) in [6.45, 7) is 0. The first-order chi connectivity index (χ1) is 29.8. The van der Waals surface area contributed by atoms with Crippen LogP contribution in [-0.4, -0.2) is 0 Å². The molecule has 0 heteroatoms. The lowest BCUT2D eigenvalue weighted by Gasteiger charge is -2.24. The van der Waals surface area contributed by atoms with Crippen LogP contribution >= 0.6 is 0 Å². The zero-order valence-electron chi connectivity index (χ0n) is 32.9. The molecule has 0 saturated carbocycles. The van der Waals surface area contributed by atoms with E-state index in [4.69, 9.17) is 0 Å². The Kier molecular flexibility index (Phi) is 7.96. The smallest absolute Gasteiger partial charge is 0.00139 e. The number of benzene rings is 12. The van der Waals surface area contributed by atoms with E-state index in [1.807, 2.05) is 0 Å². The predicted octanol–water partition coefficient (Wildman–Crippen LogP) is 16.9. The molecular weight excluding hydrogens is 721 g/mol. The minimum Gasteiger partial charge on any atom is -0.0622 e. The standard InChI is InChI=1S/C60H38/c1-3-21-41(22-4-1)55-47-29-11-13-31-49(47)57(45-33-15-25-39-19-7-9-27-43(39)45)53-37-17-35-51(59(53)55)52-36-18-38-54-58(46-34-16-26-40-20-8-10-28-44(40)46)50-32-14-12-30-48(50)56(60(52)54)42-23-5-2-6-24-42/h1-38H. The number of hydrogen-bond donors (Lipinski definition) is 0. The molecule has 0 unspecified atom stereocenters. The lowest BCUT2D eigenvalue weighted by molar-refractivity contribution is 1.64. The highest BCUT2D eigenvalue weighted by Crippen LogP contribution is 2.52. The Morgan fingerprint density at radius 1 is 0.167 bits per heavy atom. The molecule has 0 amide bonds. The summed E-state index contributed by atoms with van der Waals surface area (Å²) < 4.78 is 0. The number of fused-ring (bicyclic) bond motifs is 6. The van der Waals surface area contributed by atoms with Crippen LogP contribution in [0.2, 0.25) is 0 Å². The van der Waals surface area contributed by atoms with E-state index >= 15 is 0 Å². The molecule has 0 spiro atoms. The molecule has 0 bridgehead atoms. The van der Waals surface area contributed by atoms with Crippen molar-refractivity contribution >= 4 is 64.6 Å². The highest BCUT2D eigenvalue weighted by atomic mass is 14.3. The highest BCUT2D eigenvalue weighted by molar-refractivity contribution is 6.30. The third kappa shape index (κ3) is 5.25. The van der Waals surface area contributed by atoms with Gasteiger partial charge in [-0.2, -0.15) is 0 Å². The van der Waals surface area contributed by atoms with Gasteiger partial charge < -0.3 is 0 Å². The van der Waals surface area contributed by atoms with Gasteiger partial charge in [-0.15, -0.1) is 0 Å². The van der Waals surface area contributed by atoms with Crippen molar-refractivity contribution in [2.45, 2.75) is 0 Å². The first-order valence-corrected chi connectivity index (χ1v) is 20.9. The van der Waals surface area contributed by atoms with E-state index in [1.165, 1.54) is 120 Å². The van der Waals surface area contributed by atoms with Gasteiger partial charge in [-0.3, -0.25) is 0 Å². The van der Waals surface area contributed by atoms with Crippen LogP contribution < -0.4 is 0 Å². The molecule has 0 heterocycles. The Hall–Kier alpha value is -7.80. The maximum atomic E-state index is 2.37. The van der Waals surface area contributed by atoms with E-state index in [1.54, 1.807) is 0 Å². The van der Waals surface area contributed by atoms with Gasteiger partial charge in [0.2, 0.25) is 0 Å². The fourth-order valence-electron chi connectivity index (χ4n) is 10.2. The van der Waals surface area contributed by atoms with E-state index in [-0.39, 0.29) is 0 Å². The van der Waals surface area contributed by atoms with Crippen molar-refractivity contribution in [1.82, 2.24) is 0 Å². The van der Waals surface area contributed by atoms with Crippen LogP contribution in [0.5, 0.6) is 0 Å². The zero-order valence-corrected chi connectivity index (χ0v) is 32.9. The van der Waals surface area contributed by atoms with Gasteiger partial charge in [-0.25, -0.2) is 0 Å². The zero-order chi connectivity index (χ0) is 39.6. The van der Waals surface area contributed by atoms with Crippen molar-refractivity contribution in [1.29, 1.82) is 0 Å². The average Bonchev–Trinajstić information content (AvgIpc) is 3.32. The van der Waals surface area contributed by atoms with Crippen molar-refractivity contribution in [2.75, 3.05) is 0 Å². The van der Waals surface area contributed by atoms with Gasteiger partial charge in [0.1, 0.15) is 0 Å². The molecule has 12 aromatic carbocycles. The normalized spacial score (nSPS) is 11.7. The lowest BCUT2D eigenvalue weighted by atomic mass is 9.79. The highest BCUT2D eigenvalue weighted by Gasteiger charge is 2.24. The first kappa shape index (κ1) is 34.3. The van der Waals surface area contributed by atoms with E-state index in [0.29, 0.717) is 0 Å². The summed E-state index contributed by atoms with van der Waals surface area (Å²) in [5.41, 5.74) is 12.4. The van der Waals surface area contributed by atoms with Crippen LogP contribution in [0.1, 0.15) is 0 Å². The maximum Gasteiger partial charge on any atom is -0.00139 e. The molecule has 0 fully saturated rings. The Morgan fingerprint density at radius 2 is 0.450 bits per heavy atom. The van der Waals surface area contributed by atoms with Gasteiger partial charge in [0.05, 0.1) is 0 Å². The van der Waals surface area contributed by atoms with Crippen molar-refractivity contribution in [2.24, 2.45) is 0 Å². The predicted molar refractivity (Wildman–Crippen MR) is 259 cm³/mol. The SMILES string of the molecule is c1ccc(-c2c3ccccc3c(-c3cccc4ccccc34)c3cccc(-c4cccc5c(-c6cccc7ccccc67)c6ccccc6c(-c6ccccc6)c45)c23)cc1. The number of hydrogen-bond acceptors (Lipinski definition) is 0. The molecule has 0 aliphatic rings.